The van der Waals surface area contributed by atoms with E-state index in [2.05, 4.69) is 0 Å². The van der Waals surface area contributed by atoms with Gasteiger partial charge in [0.25, 0.3) is 0 Å². The van der Waals surface area contributed by atoms with Crippen molar-refractivity contribution in [1.82, 2.24) is 4.90 Å². The number of hydrogen-bond donors (Lipinski definition) is 1. The number of alkyl halides is 3. The van der Waals surface area contributed by atoms with Crippen LogP contribution >= 0.6 is 0 Å². The van der Waals surface area contributed by atoms with E-state index in [1.165, 1.54) is 4.90 Å². The Balaban J connectivity index is 1.93. The standard InChI is InChI=1S/C12H17F3N2O/c13-12(14,15)9-3-5-17(6-4-9)11(18)8-1-2-10(16)7-8/h3,8,10H,1-2,4-7,16H2. The molecule has 0 radical (unpaired) electrons. The molecule has 3 nitrogen and oxygen atoms in total. The fourth-order valence-electron chi connectivity index (χ4n) is 2.63. The lowest BCUT2D eigenvalue weighted by Crippen LogP contribution is -2.40. The molecule has 1 aliphatic heterocycles. The second-order valence-electron chi connectivity index (χ2n) is 5.03. The third-order valence-corrected chi connectivity index (χ3v) is 3.71. The minimum atomic E-state index is -4.26. The molecule has 0 bridgehead atoms. The Kier molecular flexibility index (Phi) is 3.66. The van der Waals surface area contributed by atoms with Gasteiger partial charge in [-0.05, 0) is 25.7 Å². The second kappa shape index (κ2) is 4.91. The van der Waals surface area contributed by atoms with Crippen LogP contribution in [0.3, 0.4) is 0 Å². The fraction of sp³-hybridized carbons (Fsp3) is 0.750. The molecule has 0 saturated heterocycles. The van der Waals surface area contributed by atoms with Crippen LogP contribution in [0.15, 0.2) is 11.6 Å². The summed E-state index contributed by atoms with van der Waals surface area (Å²) in [7, 11) is 0. The third-order valence-electron chi connectivity index (χ3n) is 3.71. The molecule has 2 unspecified atom stereocenters. The number of hydrogen-bond acceptors (Lipinski definition) is 2. The summed E-state index contributed by atoms with van der Waals surface area (Å²) in [6.07, 6.45) is -0.999. The summed E-state index contributed by atoms with van der Waals surface area (Å²) in [5.41, 5.74) is 5.22. The van der Waals surface area contributed by atoms with E-state index in [0.29, 0.717) is 6.42 Å². The Labute approximate surface area is 104 Å². The highest BCUT2D eigenvalue weighted by molar-refractivity contribution is 5.79. The summed E-state index contributed by atoms with van der Waals surface area (Å²) in [6.45, 7) is 0.231. The summed E-state index contributed by atoms with van der Waals surface area (Å²) < 4.78 is 37.3. The van der Waals surface area contributed by atoms with Crippen molar-refractivity contribution in [3.8, 4) is 0 Å². The van der Waals surface area contributed by atoms with E-state index in [9.17, 15) is 18.0 Å². The zero-order valence-electron chi connectivity index (χ0n) is 10.0. The predicted octanol–water partition coefficient (Wildman–Crippen LogP) is 1.83. The van der Waals surface area contributed by atoms with E-state index in [4.69, 9.17) is 5.73 Å². The molecule has 0 aromatic heterocycles. The number of halogens is 3. The highest BCUT2D eigenvalue weighted by Crippen LogP contribution is 2.32. The number of carbonyl (C=O) groups is 1. The summed E-state index contributed by atoms with van der Waals surface area (Å²) in [6, 6.07) is 0.0602. The van der Waals surface area contributed by atoms with Crippen molar-refractivity contribution in [2.24, 2.45) is 11.7 Å². The van der Waals surface area contributed by atoms with Gasteiger partial charge < -0.3 is 10.6 Å². The van der Waals surface area contributed by atoms with Crippen LogP contribution in [0.5, 0.6) is 0 Å². The molecule has 2 rings (SSSR count). The molecule has 2 aliphatic rings. The second-order valence-corrected chi connectivity index (χ2v) is 5.03. The molecule has 1 fully saturated rings. The van der Waals surface area contributed by atoms with E-state index in [1.807, 2.05) is 0 Å². The van der Waals surface area contributed by atoms with Crippen LogP contribution < -0.4 is 5.73 Å². The molecule has 2 N–H and O–H groups in total. The third kappa shape index (κ3) is 2.85. The van der Waals surface area contributed by atoms with E-state index >= 15 is 0 Å². The first-order chi connectivity index (χ1) is 8.38. The van der Waals surface area contributed by atoms with Crippen LogP contribution in [0, 0.1) is 5.92 Å². The maximum Gasteiger partial charge on any atom is 0.412 e. The maximum absolute atomic E-state index is 12.4. The lowest BCUT2D eigenvalue weighted by Gasteiger charge is -2.29. The average molecular weight is 262 g/mol. The molecule has 0 aromatic carbocycles. The molecule has 1 heterocycles. The van der Waals surface area contributed by atoms with Crippen LogP contribution in [-0.2, 0) is 4.79 Å². The quantitative estimate of drug-likeness (QED) is 0.733. The summed E-state index contributed by atoms with van der Waals surface area (Å²) in [5, 5.41) is 0. The Morgan fingerprint density at radius 3 is 2.56 bits per heavy atom. The molecular formula is C12H17F3N2O. The summed E-state index contributed by atoms with van der Waals surface area (Å²) >= 11 is 0. The molecule has 18 heavy (non-hydrogen) atoms. The smallest absolute Gasteiger partial charge is 0.338 e. The molecule has 1 saturated carbocycles. The predicted molar refractivity (Wildman–Crippen MR) is 60.7 cm³/mol. The molecule has 102 valence electrons. The molecule has 1 aliphatic carbocycles. The van der Waals surface area contributed by atoms with Crippen molar-refractivity contribution >= 4 is 5.91 Å². The van der Waals surface area contributed by atoms with E-state index < -0.39 is 11.7 Å². The van der Waals surface area contributed by atoms with Gasteiger partial charge in [0.15, 0.2) is 0 Å². The van der Waals surface area contributed by atoms with Crippen LogP contribution in [0.2, 0.25) is 0 Å². The number of nitrogens with zero attached hydrogens (tertiary/aromatic N) is 1. The van der Waals surface area contributed by atoms with E-state index in [1.54, 1.807) is 0 Å². The van der Waals surface area contributed by atoms with Crippen LogP contribution in [0.25, 0.3) is 0 Å². The fourth-order valence-corrected chi connectivity index (χ4v) is 2.63. The molecule has 1 amide bonds. The van der Waals surface area contributed by atoms with Gasteiger partial charge >= 0.3 is 6.18 Å². The Bertz CT molecular complexity index is 365. The highest BCUT2D eigenvalue weighted by Gasteiger charge is 2.37. The van der Waals surface area contributed by atoms with Gasteiger partial charge in [-0.15, -0.1) is 0 Å². The van der Waals surface area contributed by atoms with Crippen molar-refractivity contribution in [2.45, 2.75) is 37.9 Å². The zero-order valence-corrected chi connectivity index (χ0v) is 10.0. The number of nitrogens with two attached hydrogens (primary N) is 1. The topological polar surface area (TPSA) is 46.3 Å². The van der Waals surface area contributed by atoms with Crippen LogP contribution in [0.1, 0.15) is 25.7 Å². The van der Waals surface area contributed by atoms with Gasteiger partial charge in [-0.2, -0.15) is 13.2 Å². The zero-order chi connectivity index (χ0) is 13.3. The average Bonchev–Trinajstić information content (AvgIpc) is 2.74. The van der Waals surface area contributed by atoms with Crippen molar-refractivity contribution in [3.63, 3.8) is 0 Å². The molecule has 0 spiro atoms. The minimum Gasteiger partial charge on any atom is -0.338 e. The molecule has 6 heteroatoms. The van der Waals surface area contributed by atoms with E-state index in [0.717, 1.165) is 18.9 Å². The molecule has 0 aromatic rings. The van der Waals surface area contributed by atoms with Gasteiger partial charge in [-0.3, -0.25) is 4.79 Å². The first-order valence-electron chi connectivity index (χ1n) is 6.18. The first kappa shape index (κ1) is 13.4. The van der Waals surface area contributed by atoms with Gasteiger partial charge in [0.2, 0.25) is 5.91 Å². The largest absolute Gasteiger partial charge is 0.412 e. The van der Waals surface area contributed by atoms with Gasteiger partial charge in [-0.25, -0.2) is 0 Å². The van der Waals surface area contributed by atoms with Crippen molar-refractivity contribution in [3.05, 3.63) is 11.6 Å². The highest BCUT2D eigenvalue weighted by atomic mass is 19.4. The van der Waals surface area contributed by atoms with Gasteiger partial charge in [-0.1, -0.05) is 6.08 Å². The Morgan fingerprint density at radius 2 is 2.11 bits per heavy atom. The maximum atomic E-state index is 12.4. The van der Waals surface area contributed by atoms with Gasteiger partial charge in [0.1, 0.15) is 0 Å². The Morgan fingerprint density at radius 1 is 1.39 bits per heavy atom. The van der Waals surface area contributed by atoms with Gasteiger partial charge in [0.05, 0.1) is 0 Å². The number of carbonyl (C=O) groups excluding carboxylic acids is 1. The van der Waals surface area contributed by atoms with Crippen molar-refractivity contribution < 1.29 is 18.0 Å². The van der Waals surface area contributed by atoms with Crippen molar-refractivity contribution in [1.29, 1.82) is 0 Å². The van der Waals surface area contributed by atoms with E-state index in [-0.39, 0.29) is 37.4 Å². The lowest BCUT2D eigenvalue weighted by molar-refractivity contribution is -0.136. The lowest BCUT2D eigenvalue weighted by atomic mass is 10.0. The monoisotopic (exact) mass is 262 g/mol. The van der Waals surface area contributed by atoms with Crippen molar-refractivity contribution in [2.75, 3.05) is 13.1 Å². The Hall–Kier alpha value is -1.04. The van der Waals surface area contributed by atoms with Gasteiger partial charge in [0, 0.05) is 30.6 Å². The summed E-state index contributed by atoms with van der Waals surface area (Å²) in [5.74, 6) is -0.138. The minimum absolute atomic E-state index is 0.0413. The number of amides is 1. The SMILES string of the molecule is NC1CCC(C(=O)N2CC=C(C(F)(F)F)CC2)C1. The van der Waals surface area contributed by atoms with Crippen LogP contribution in [0.4, 0.5) is 13.2 Å². The van der Waals surface area contributed by atoms with Crippen LogP contribution in [-0.4, -0.2) is 36.1 Å². The number of rotatable bonds is 1. The molecule has 2 atom stereocenters. The summed E-state index contributed by atoms with van der Waals surface area (Å²) in [4.78, 5) is 13.6. The first-order valence-corrected chi connectivity index (χ1v) is 6.18. The normalized spacial score (nSPS) is 29.3. The molecular weight excluding hydrogens is 245 g/mol.